The Morgan fingerprint density at radius 2 is 1.93 bits per heavy atom. The van der Waals surface area contributed by atoms with Crippen molar-refractivity contribution in [3.63, 3.8) is 0 Å². The van der Waals surface area contributed by atoms with E-state index in [1.165, 1.54) is 0 Å². The molecule has 1 heterocycles. The minimum Gasteiger partial charge on any atom is -0.338 e. The second kappa shape index (κ2) is 5.85. The van der Waals surface area contributed by atoms with Crippen LogP contribution in [0.1, 0.15) is 39.4 Å². The fourth-order valence-electron chi connectivity index (χ4n) is 1.28. The first kappa shape index (κ1) is 12.2. The summed E-state index contributed by atoms with van der Waals surface area (Å²) in [6.45, 7) is 10.3. The molecule has 0 amide bonds. The van der Waals surface area contributed by atoms with Crippen LogP contribution in [0.15, 0.2) is 4.52 Å². The van der Waals surface area contributed by atoms with Crippen molar-refractivity contribution in [1.29, 1.82) is 0 Å². The maximum absolute atomic E-state index is 5.12. The molecule has 0 aliphatic heterocycles. The van der Waals surface area contributed by atoms with Gasteiger partial charge in [-0.3, -0.25) is 0 Å². The van der Waals surface area contributed by atoms with Gasteiger partial charge >= 0.3 is 0 Å². The third-order valence-corrected chi connectivity index (χ3v) is 1.93. The molecule has 1 rings (SSSR count). The fraction of sp³-hybridized carbons (Fsp3) is 0.818. The number of hydrogen-bond donors (Lipinski definition) is 1. The predicted molar refractivity (Wildman–Crippen MR) is 59.4 cm³/mol. The predicted octanol–water partition coefficient (Wildman–Crippen LogP) is 2.01. The van der Waals surface area contributed by atoms with E-state index in [0.717, 1.165) is 18.8 Å². The zero-order valence-electron chi connectivity index (χ0n) is 10.1. The number of nitrogens with zero attached hydrogens (tertiary/aromatic N) is 2. The summed E-state index contributed by atoms with van der Waals surface area (Å²) in [6.07, 6.45) is 0.883. The molecule has 1 N–H and O–H groups in total. The molecule has 0 unspecified atom stereocenters. The van der Waals surface area contributed by atoms with Gasteiger partial charge in [0.1, 0.15) is 0 Å². The van der Waals surface area contributed by atoms with Gasteiger partial charge in [-0.1, -0.05) is 32.9 Å². The van der Waals surface area contributed by atoms with Crippen LogP contribution in [0.4, 0.5) is 0 Å². The first-order valence-electron chi connectivity index (χ1n) is 5.60. The highest BCUT2D eigenvalue weighted by Gasteiger charge is 2.07. The van der Waals surface area contributed by atoms with Gasteiger partial charge < -0.3 is 9.84 Å². The van der Waals surface area contributed by atoms with E-state index in [0.29, 0.717) is 24.3 Å². The molecule has 0 bridgehead atoms. The van der Waals surface area contributed by atoms with Crippen LogP contribution in [0.5, 0.6) is 0 Å². The smallest absolute Gasteiger partial charge is 0.240 e. The van der Waals surface area contributed by atoms with Crippen LogP contribution in [-0.4, -0.2) is 16.7 Å². The monoisotopic (exact) mass is 211 g/mol. The third kappa shape index (κ3) is 4.93. The highest BCUT2D eigenvalue weighted by Crippen LogP contribution is 2.04. The number of aromatic nitrogens is 2. The Bertz CT molecular complexity index is 281. The number of rotatable bonds is 6. The van der Waals surface area contributed by atoms with Gasteiger partial charge in [0, 0.05) is 6.42 Å². The zero-order valence-corrected chi connectivity index (χ0v) is 10.1. The highest BCUT2D eigenvalue weighted by molar-refractivity contribution is 4.86. The molecule has 0 saturated heterocycles. The van der Waals surface area contributed by atoms with Crippen molar-refractivity contribution in [3.8, 4) is 0 Å². The second-order valence-corrected chi connectivity index (χ2v) is 4.73. The van der Waals surface area contributed by atoms with E-state index in [1.54, 1.807) is 0 Å². The maximum Gasteiger partial charge on any atom is 0.240 e. The first-order chi connectivity index (χ1) is 7.08. The molecule has 1 aromatic heterocycles. The molecule has 0 atom stereocenters. The van der Waals surface area contributed by atoms with Crippen LogP contribution in [-0.2, 0) is 13.0 Å². The molecule has 0 aliphatic carbocycles. The Balaban J connectivity index is 2.33. The van der Waals surface area contributed by atoms with Crippen LogP contribution in [0, 0.1) is 11.8 Å². The molecule has 0 aromatic carbocycles. The Hall–Kier alpha value is -0.900. The molecule has 0 saturated carbocycles. The Morgan fingerprint density at radius 1 is 1.20 bits per heavy atom. The van der Waals surface area contributed by atoms with Gasteiger partial charge in [0.25, 0.3) is 0 Å². The summed E-state index contributed by atoms with van der Waals surface area (Å²) >= 11 is 0. The minimum atomic E-state index is 0.569. The largest absolute Gasteiger partial charge is 0.338 e. The van der Waals surface area contributed by atoms with E-state index in [1.807, 2.05) is 0 Å². The van der Waals surface area contributed by atoms with Crippen LogP contribution >= 0.6 is 0 Å². The lowest BCUT2D eigenvalue weighted by molar-refractivity contribution is 0.357. The van der Waals surface area contributed by atoms with E-state index in [9.17, 15) is 0 Å². The average molecular weight is 211 g/mol. The van der Waals surface area contributed by atoms with Gasteiger partial charge in [-0.2, -0.15) is 4.98 Å². The first-order valence-corrected chi connectivity index (χ1v) is 5.60. The second-order valence-electron chi connectivity index (χ2n) is 4.73. The summed E-state index contributed by atoms with van der Waals surface area (Å²) in [5.74, 6) is 2.71. The zero-order chi connectivity index (χ0) is 11.3. The Morgan fingerprint density at radius 3 is 2.53 bits per heavy atom. The topological polar surface area (TPSA) is 51.0 Å². The quantitative estimate of drug-likeness (QED) is 0.782. The van der Waals surface area contributed by atoms with Gasteiger partial charge in [0.2, 0.25) is 5.89 Å². The van der Waals surface area contributed by atoms with Crippen LogP contribution in [0.25, 0.3) is 0 Å². The van der Waals surface area contributed by atoms with Crippen LogP contribution in [0.2, 0.25) is 0 Å². The molecule has 0 fully saturated rings. The Labute approximate surface area is 91.5 Å². The fourth-order valence-corrected chi connectivity index (χ4v) is 1.28. The van der Waals surface area contributed by atoms with Gasteiger partial charge in [-0.25, -0.2) is 0 Å². The standard InChI is InChI=1S/C11H21N3O/c1-8(2)5-10-13-11(15-14-10)7-12-6-9(3)4/h8-9,12H,5-7H2,1-4H3. The average Bonchev–Trinajstić information content (AvgIpc) is 2.50. The molecule has 0 spiro atoms. The molecule has 1 aromatic rings. The Kier molecular flexibility index (Phi) is 4.75. The van der Waals surface area contributed by atoms with Crippen molar-refractivity contribution in [2.45, 2.75) is 40.7 Å². The molecule has 0 aliphatic rings. The molecule has 15 heavy (non-hydrogen) atoms. The van der Waals surface area contributed by atoms with Gasteiger partial charge in [-0.15, -0.1) is 0 Å². The molecule has 4 nitrogen and oxygen atoms in total. The molecule has 4 heteroatoms. The van der Waals surface area contributed by atoms with E-state index in [-0.39, 0.29) is 0 Å². The van der Waals surface area contributed by atoms with Crippen molar-refractivity contribution in [2.24, 2.45) is 11.8 Å². The van der Waals surface area contributed by atoms with Gasteiger partial charge in [0.05, 0.1) is 6.54 Å². The molecule has 86 valence electrons. The van der Waals surface area contributed by atoms with Crippen molar-refractivity contribution in [1.82, 2.24) is 15.5 Å². The van der Waals surface area contributed by atoms with Gasteiger partial charge in [0.15, 0.2) is 5.82 Å². The summed E-state index contributed by atoms with van der Waals surface area (Å²) in [5, 5.41) is 7.20. The summed E-state index contributed by atoms with van der Waals surface area (Å²) in [4.78, 5) is 4.31. The summed E-state index contributed by atoms with van der Waals surface area (Å²) in [5.41, 5.74) is 0. The van der Waals surface area contributed by atoms with E-state index in [4.69, 9.17) is 4.52 Å². The SMILES string of the molecule is CC(C)CNCc1nc(CC(C)C)no1. The van der Waals surface area contributed by atoms with Crippen molar-refractivity contribution < 1.29 is 4.52 Å². The lowest BCUT2D eigenvalue weighted by Crippen LogP contribution is -2.19. The third-order valence-electron chi connectivity index (χ3n) is 1.93. The van der Waals surface area contributed by atoms with Crippen LogP contribution in [0.3, 0.4) is 0 Å². The molecule has 0 radical (unpaired) electrons. The summed E-state index contributed by atoms with van der Waals surface area (Å²) in [7, 11) is 0. The van der Waals surface area contributed by atoms with E-state index >= 15 is 0 Å². The molecular formula is C11H21N3O. The van der Waals surface area contributed by atoms with Crippen molar-refractivity contribution >= 4 is 0 Å². The van der Waals surface area contributed by atoms with Crippen LogP contribution < -0.4 is 5.32 Å². The highest BCUT2D eigenvalue weighted by atomic mass is 16.5. The minimum absolute atomic E-state index is 0.569. The number of hydrogen-bond acceptors (Lipinski definition) is 4. The normalized spacial score (nSPS) is 11.6. The van der Waals surface area contributed by atoms with E-state index < -0.39 is 0 Å². The maximum atomic E-state index is 5.12. The molecular weight excluding hydrogens is 190 g/mol. The summed E-state index contributed by atoms with van der Waals surface area (Å²) < 4.78 is 5.12. The van der Waals surface area contributed by atoms with Crippen molar-refractivity contribution in [3.05, 3.63) is 11.7 Å². The lowest BCUT2D eigenvalue weighted by Gasteiger charge is -2.03. The number of nitrogens with one attached hydrogen (secondary N) is 1. The van der Waals surface area contributed by atoms with Crippen molar-refractivity contribution in [2.75, 3.05) is 6.54 Å². The van der Waals surface area contributed by atoms with Gasteiger partial charge in [-0.05, 0) is 18.4 Å². The summed E-state index contributed by atoms with van der Waals surface area (Å²) in [6, 6.07) is 0. The van der Waals surface area contributed by atoms with E-state index in [2.05, 4.69) is 43.2 Å². The lowest BCUT2D eigenvalue weighted by atomic mass is 10.1.